The molecule has 2 aromatic carbocycles. The van der Waals surface area contributed by atoms with E-state index in [0.717, 1.165) is 21.7 Å². The zero-order valence-electron chi connectivity index (χ0n) is 19.3. The van der Waals surface area contributed by atoms with Crippen LogP contribution in [-0.4, -0.2) is 29.4 Å². The van der Waals surface area contributed by atoms with Crippen LogP contribution in [0, 0.1) is 0 Å². The van der Waals surface area contributed by atoms with Crippen molar-refractivity contribution in [3.8, 4) is 0 Å². The number of hydrogen-bond acceptors (Lipinski definition) is 4. The molecule has 1 saturated heterocycles. The Balaban J connectivity index is 1.76. The average molecular weight is 464 g/mol. The van der Waals surface area contributed by atoms with Crippen LogP contribution >= 0.6 is 11.6 Å². The zero-order chi connectivity index (χ0) is 24.1. The molecule has 0 atom stereocenters. The molecular weight excluding hydrogens is 438 g/mol. The van der Waals surface area contributed by atoms with Crippen molar-refractivity contribution in [1.82, 2.24) is 5.32 Å². The molecule has 0 spiro atoms. The van der Waals surface area contributed by atoms with E-state index >= 15 is 0 Å². The Morgan fingerprint density at radius 1 is 1.06 bits per heavy atom. The first-order valence-corrected chi connectivity index (χ1v) is 11.2. The molecular formula is C26H26ClN3O3. The minimum Gasteiger partial charge on any atom is -0.360 e. The van der Waals surface area contributed by atoms with E-state index < -0.39 is 17.8 Å². The number of benzene rings is 2. The van der Waals surface area contributed by atoms with Crippen molar-refractivity contribution in [3.63, 3.8) is 0 Å². The molecule has 4 rings (SSSR count). The van der Waals surface area contributed by atoms with Gasteiger partial charge in [-0.1, -0.05) is 29.8 Å². The summed E-state index contributed by atoms with van der Waals surface area (Å²) in [5.74, 6) is -1.42. The minimum atomic E-state index is -0.802. The number of hydrogen-bond donors (Lipinski definition) is 1. The standard InChI is InChI=1S/C26H26ClN3O3/c1-15(2)30-22-10-9-17(11-20(22)16(3)14-26(30,4)5)12-21-23(31)28-25(33)29(24(21)32)19-8-6-7-18(27)13-19/h6-15H,1-5H3,(H,28,31,33)/b21-12+. The second-order valence-corrected chi connectivity index (χ2v) is 9.60. The number of allylic oxidation sites excluding steroid dienone is 1. The van der Waals surface area contributed by atoms with Crippen molar-refractivity contribution in [2.24, 2.45) is 0 Å². The fourth-order valence-electron chi connectivity index (χ4n) is 4.77. The van der Waals surface area contributed by atoms with E-state index in [2.05, 4.69) is 50.9 Å². The summed E-state index contributed by atoms with van der Waals surface area (Å²) in [6.07, 6.45) is 3.75. The second-order valence-electron chi connectivity index (χ2n) is 9.16. The Hall–Kier alpha value is -3.38. The summed E-state index contributed by atoms with van der Waals surface area (Å²) < 4.78 is 0. The minimum absolute atomic E-state index is 0.118. The number of anilines is 2. The number of rotatable bonds is 3. The Morgan fingerprint density at radius 3 is 2.45 bits per heavy atom. The molecule has 0 aromatic heterocycles. The summed E-state index contributed by atoms with van der Waals surface area (Å²) >= 11 is 6.03. The molecule has 33 heavy (non-hydrogen) atoms. The number of barbiturate groups is 1. The van der Waals surface area contributed by atoms with Gasteiger partial charge in [0.1, 0.15) is 5.57 Å². The Morgan fingerprint density at radius 2 is 1.79 bits per heavy atom. The van der Waals surface area contributed by atoms with Crippen molar-refractivity contribution in [3.05, 3.63) is 70.3 Å². The summed E-state index contributed by atoms with van der Waals surface area (Å²) in [5, 5.41) is 2.63. The Bertz CT molecular complexity index is 1240. The summed E-state index contributed by atoms with van der Waals surface area (Å²) in [7, 11) is 0. The Kier molecular flexibility index (Phi) is 5.66. The van der Waals surface area contributed by atoms with Crippen molar-refractivity contribution < 1.29 is 14.4 Å². The number of urea groups is 1. The molecule has 1 fully saturated rings. The molecule has 4 amide bonds. The zero-order valence-corrected chi connectivity index (χ0v) is 20.0. The van der Waals surface area contributed by atoms with Gasteiger partial charge < -0.3 is 4.90 Å². The highest BCUT2D eigenvalue weighted by Gasteiger charge is 2.37. The van der Waals surface area contributed by atoms with Gasteiger partial charge in [0.15, 0.2) is 0 Å². The average Bonchev–Trinajstić information content (AvgIpc) is 2.70. The predicted octanol–water partition coefficient (Wildman–Crippen LogP) is 5.42. The molecule has 0 radical (unpaired) electrons. The van der Waals surface area contributed by atoms with Gasteiger partial charge in [-0.05, 0) is 82.2 Å². The summed E-state index contributed by atoms with van der Waals surface area (Å²) in [6.45, 7) is 10.7. The van der Waals surface area contributed by atoms with E-state index in [0.29, 0.717) is 16.3 Å². The third kappa shape index (κ3) is 4.07. The van der Waals surface area contributed by atoms with Gasteiger partial charge in [-0.3, -0.25) is 14.9 Å². The highest BCUT2D eigenvalue weighted by molar-refractivity contribution is 6.39. The number of imide groups is 2. The topological polar surface area (TPSA) is 69.7 Å². The van der Waals surface area contributed by atoms with Gasteiger partial charge in [0, 0.05) is 22.3 Å². The number of halogens is 1. The highest BCUT2D eigenvalue weighted by atomic mass is 35.5. The van der Waals surface area contributed by atoms with Crippen LogP contribution in [0.1, 0.15) is 45.7 Å². The quantitative estimate of drug-likeness (QED) is 0.487. The predicted molar refractivity (Wildman–Crippen MR) is 132 cm³/mol. The number of carbonyl (C=O) groups excluding carboxylic acids is 3. The summed E-state index contributed by atoms with van der Waals surface area (Å²) in [4.78, 5) is 41.4. The van der Waals surface area contributed by atoms with E-state index in [1.807, 2.05) is 18.2 Å². The molecule has 2 aliphatic heterocycles. The first kappa shape index (κ1) is 22.8. The first-order chi connectivity index (χ1) is 15.5. The summed E-state index contributed by atoms with van der Waals surface area (Å²) in [6, 6.07) is 11.7. The smallest absolute Gasteiger partial charge is 0.335 e. The first-order valence-electron chi connectivity index (χ1n) is 10.8. The van der Waals surface area contributed by atoms with Gasteiger partial charge >= 0.3 is 6.03 Å². The lowest BCUT2D eigenvalue weighted by molar-refractivity contribution is -0.122. The Labute approximate surface area is 198 Å². The molecule has 0 bridgehead atoms. The van der Waals surface area contributed by atoms with Gasteiger partial charge in [-0.15, -0.1) is 0 Å². The van der Waals surface area contributed by atoms with Crippen molar-refractivity contribution >= 4 is 52.5 Å². The third-order valence-electron chi connectivity index (χ3n) is 5.89. The molecule has 0 unspecified atom stereocenters. The molecule has 2 aliphatic rings. The van der Waals surface area contributed by atoms with Crippen LogP contribution in [0.4, 0.5) is 16.2 Å². The number of fused-ring (bicyclic) bond motifs is 1. The van der Waals surface area contributed by atoms with Crippen molar-refractivity contribution in [1.29, 1.82) is 0 Å². The van der Waals surface area contributed by atoms with Crippen molar-refractivity contribution in [2.75, 3.05) is 9.80 Å². The van der Waals surface area contributed by atoms with Gasteiger partial charge in [-0.2, -0.15) is 0 Å². The van der Waals surface area contributed by atoms with Crippen LogP contribution in [0.3, 0.4) is 0 Å². The number of nitrogens with one attached hydrogen (secondary N) is 1. The van der Waals surface area contributed by atoms with Crippen LogP contribution < -0.4 is 15.1 Å². The van der Waals surface area contributed by atoms with Crippen LogP contribution in [0.25, 0.3) is 11.6 Å². The van der Waals surface area contributed by atoms with E-state index in [1.165, 1.54) is 12.1 Å². The van der Waals surface area contributed by atoms with E-state index in [4.69, 9.17) is 11.6 Å². The van der Waals surface area contributed by atoms with E-state index in [1.54, 1.807) is 18.2 Å². The SMILES string of the molecule is CC1=CC(C)(C)N(C(C)C)c2ccc(/C=C3\C(=O)NC(=O)N(c4cccc(Cl)c4)C3=O)cc21. The lowest BCUT2D eigenvalue weighted by Gasteiger charge is -2.46. The van der Waals surface area contributed by atoms with Crippen LogP contribution in [0.2, 0.25) is 5.02 Å². The third-order valence-corrected chi connectivity index (χ3v) is 6.13. The molecule has 0 saturated carbocycles. The largest absolute Gasteiger partial charge is 0.360 e. The maximum absolute atomic E-state index is 13.2. The molecule has 0 aliphatic carbocycles. The number of nitrogens with zero attached hydrogens (tertiary/aromatic N) is 2. The van der Waals surface area contributed by atoms with Gasteiger partial charge in [0.25, 0.3) is 11.8 Å². The molecule has 2 heterocycles. The lowest BCUT2D eigenvalue weighted by atomic mass is 9.86. The summed E-state index contributed by atoms with van der Waals surface area (Å²) in [5.41, 5.74) is 4.01. The molecule has 7 heteroatoms. The fourth-order valence-corrected chi connectivity index (χ4v) is 4.96. The lowest BCUT2D eigenvalue weighted by Crippen LogP contribution is -2.54. The number of amides is 4. The number of carbonyl (C=O) groups is 3. The highest BCUT2D eigenvalue weighted by Crippen LogP contribution is 2.40. The second kappa shape index (κ2) is 8.19. The van der Waals surface area contributed by atoms with Crippen LogP contribution in [-0.2, 0) is 9.59 Å². The molecule has 2 aromatic rings. The van der Waals surface area contributed by atoms with Gasteiger partial charge in [0.2, 0.25) is 0 Å². The van der Waals surface area contributed by atoms with Gasteiger partial charge in [-0.25, -0.2) is 9.69 Å². The maximum Gasteiger partial charge on any atom is 0.335 e. The normalized spacial score (nSPS) is 19.1. The van der Waals surface area contributed by atoms with E-state index in [-0.39, 0.29) is 17.2 Å². The van der Waals surface area contributed by atoms with Crippen molar-refractivity contribution in [2.45, 2.75) is 46.2 Å². The maximum atomic E-state index is 13.2. The molecule has 1 N–H and O–H groups in total. The van der Waals surface area contributed by atoms with Crippen LogP contribution in [0.5, 0.6) is 0 Å². The van der Waals surface area contributed by atoms with Gasteiger partial charge in [0.05, 0.1) is 11.2 Å². The van der Waals surface area contributed by atoms with Crippen LogP contribution in [0.15, 0.2) is 54.1 Å². The monoisotopic (exact) mass is 463 g/mol. The fraction of sp³-hybridized carbons (Fsp3) is 0.269. The van der Waals surface area contributed by atoms with E-state index in [9.17, 15) is 14.4 Å². The molecule has 6 nitrogen and oxygen atoms in total. The molecule has 170 valence electrons.